The fourth-order valence-electron chi connectivity index (χ4n) is 1.45. The van der Waals surface area contributed by atoms with Crippen LogP contribution in [-0.2, 0) is 21.1 Å². The fourth-order valence-corrected chi connectivity index (χ4v) is 1.75. The summed E-state index contributed by atoms with van der Waals surface area (Å²) in [5, 5.41) is 4.72. The molecular formula is C10H13NO3S. The first kappa shape index (κ1) is 10.6. The van der Waals surface area contributed by atoms with E-state index >= 15 is 0 Å². The average molecular weight is 227 g/mol. The molecule has 1 aromatic carbocycles. The summed E-state index contributed by atoms with van der Waals surface area (Å²) in [4.78, 5) is 0. The molecule has 1 aromatic rings. The van der Waals surface area contributed by atoms with Crippen molar-refractivity contribution < 1.29 is 12.6 Å². The third-order valence-electron chi connectivity index (χ3n) is 2.42. The number of benzene rings is 1. The van der Waals surface area contributed by atoms with Crippen molar-refractivity contribution in [2.75, 3.05) is 0 Å². The molecule has 1 saturated carbocycles. The van der Waals surface area contributed by atoms with E-state index in [9.17, 15) is 8.42 Å². The molecule has 1 aliphatic carbocycles. The molecule has 0 radical (unpaired) electrons. The molecule has 4 nitrogen and oxygen atoms in total. The molecule has 0 unspecified atom stereocenters. The molecule has 0 spiro atoms. The zero-order chi connectivity index (χ0) is 10.9. The first-order valence-electron chi connectivity index (χ1n) is 4.80. The summed E-state index contributed by atoms with van der Waals surface area (Å²) < 4.78 is 25.6. The number of hydrogen-bond acceptors (Lipinski definition) is 3. The lowest BCUT2D eigenvalue weighted by Gasteiger charge is -2.02. The van der Waals surface area contributed by atoms with Crippen LogP contribution in [0.25, 0.3) is 0 Å². The zero-order valence-electron chi connectivity index (χ0n) is 8.22. The van der Waals surface area contributed by atoms with E-state index in [2.05, 4.69) is 4.18 Å². The highest BCUT2D eigenvalue weighted by Gasteiger charge is 2.22. The van der Waals surface area contributed by atoms with E-state index in [1.807, 2.05) is 24.3 Å². The van der Waals surface area contributed by atoms with E-state index in [0.29, 0.717) is 5.92 Å². The van der Waals surface area contributed by atoms with Gasteiger partial charge in [-0.1, -0.05) is 24.3 Å². The van der Waals surface area contributed by atoms with Gasteiger partial charge in [-0.25, -0.2) is 5.14 Å². The van der Waals surface area contributed by atoms with Crippen LogP contribution in [-0.4, -0.2) is 8.42 Å². The van der Waals surface area contributed by atoms with Gasteiger partial charge in [0.2, 0.25) is 0 Å². The standard InChI is InChI=1S/C10H13NO3S/c11-15(12,13)14-7-8-1-3-9(4-2-8)10-5-6-10/h1-4,10H,5-7H2,(H2,11,12,13). The van der Waals surface area contributed by atoms with Gasteiger partial charge in [0.15, 0.2) is 0 Å². The Kier molecular flexibility index (Phi) is 2.77. The molecule has 2 rings (SSSR count). The second-order valence-electron chi connectivity index (χ2n) is 3.77. The molecule has 0 bridgehead atoms. The lowest BCUT2D eigenvalue weighted by Crippen LogP contribution is -2.15. The van der Waals surface area contributed by atoms with Crippen LogP contribution in [0.1, 0.15) is 29.9 Å². The highest BCUT2D eigenvalue weighted by Crippen LogP contribution is 2.39. The summed E-state index contributed by atoms with van der Waals surface area (Å²) in [6.07, 6.45) is 2.51. The maximum absolute atomic E-state index is 10.5. The molecule has 0 heterocycles. The van der Waals surface area contributed by atoms with Gasteiger partial charge >= 0.3 is 10.3 Å². The first-order valence-corrected chi connectivity index (χ1v) is 6.28. The molecule has 1 fully saturated rings. The van der Waals surface area contributed by atoms with Crippen LogP contribution >= 0.6 is 0 Å². The van der Waals surface area contributed by atoms with Gasteiger partial charge in [-0.15, -0.1) is 0 Å². The van der Waals surface area contributed by atoms with E-state index in [1.54, 1.807) is 0 Å². The number of rotatable bonds is 4. The molecule has 1 aliphatic rings. The first-order chi connectivity index (χ1) is 7.04. The Labute approximate surface area is 89.3 Å². The number of nitrogens with two attached hydrogens (primary N) is 1. The highest BCUT2D eigenvalue weighted by molar-refractivity contribution is 7.84. The Morgan fingerprint density at radius 2 is 1.87 bits per heavy atom. The average Bonchev–Trinajstić information content (AvgIpc) is 2.98. The maximum atomic E-state index is 10.5. The predicted octanol–water partition coefficient (Wildman–Crippen LogP) is 1.28. The molecule has 0 aromatic heterocycles. The smallest absolute Gasteiger partial charge is 0.253 e. The Balaban J connectivity index is 1.97. The van der Waals surface area contributed by atoms with Gasteiger partial charge in [-0.3, -0.25) is 4.18 Å². The summed E-state index contributed by atoms with van der Waals surface area (Å²) in [7, 11) is -3.84. The van der Waals surface area contributed by atoms with Gasteiger partial charge in [0.25, 0.3) is 0 Å². The van der Waals surface area contributed by atoms with Gasteiger partial charge in [0.05, 0.1) is 6.61 Å². The van der Waals surface area contributed by atoms with Crippen molar-refractivity contribution in [3.63, 3.8) is 0 Å². The van der Waals surface area contributed by atoms with Crippen LogP contribution in [0.3, 0.4) is 0 Å². The molecule has 0 saturated heterocycles. The molecule has 2 N–H and O–H groups in total. The van der Waals surface area contributed by atoms with Gasteiger partial charge in [0, 0.05) is 0 Å². The van der Waals surface area contributed by atoms with Crippen LogP contribution in [0.5, 0.6) is 0 Å². The van der Waals surface area contributed by atoms with Crippen LogP contribution in [0.15, 0.2) is 24.3 Å². The summed E-state index contributed by atoms with van der Waals surface area (Å²) in [6.45, 7) is 0.00375. The maximum Gasteiger partial charge on any atom is 0.333 e. The quantitative estimate of drug-likeness (QED) is 0.842. The summed E-state index contributed by atoms with van der Waals surface area (Å²) >= 11 is 0. The van der Waals surface area contributed by atoms with Gasteiger partial charge < -0.3 is 0 Å². The topological polar surface area (TPSA) is 69.4 Å². The van der Waals surface area contributed by atoms with Crippen LogP contribution in [0, 0.1) is 0 Å². The van der Waals surface area contributed by atoms with Crippen LogP contribution < -0.4 is 5.14 Å². The van der Waals surface area contributed by atoms with Crippen LogP contribution in [0.4, 0.5) is 0 Å². The predicted molar refractivity (Wildman–Crippen MR) is 56.3 cm³/mol. The van der Waals surface area contributed by atoms with Gasteiger partial charge in [-0.05, 0) is 29.9 Å². The summed E-state index contributed by atoms with van der Waals surface area (Å²) in [6, 6.07) is 7.77. The van der Waals surface area contributed by atoms with Crippen molar-refractivity contribution in [2.24, 2.45) is 5.14 Å². The minimum absolute atomic E-state index is 0.00375. The SMILES string of the molecule is NS(=O)(=O)OCc1ccc(C2CC2)cc1. The van der Waals surface area contributed by atoms with Crippen molar-refractivity contribution >= 4 is 10.3 Å². The molecule has 15 heavy (non-hydrogen) atoms. The van der Waals surface area contributed by atoms with E-state index in [4.69, 9.17) is 5.14 Å². The van der Waals surface area contributed by atoms with Crippen molar-refractivity contribution in [1.82, 2.24) is 0 Å². The molecule has 0 amide bonds. The Bertz CT molecular complexity index is 434. The van der Waals surface area contributed by atoms with Crippen molar-refractivity contribution in [3.8, 4) is 0 Å². The van der Waals surface area contributed by atoms with Crippen LogP contribution in [0.2, 0.25) is 0 Å². The Morgan fingerprint density at radius 3 is 2.33 bits per heavy atom. The van der Waals surface area contributed by atoms with Gasteiger partial charge in [-0.2, -0.15) is 8.42 Å². The van der Waals surface area contributed by atoms with E-state index in [1.165, 1.54) is 18.4 Å². The van der Waals surface area contributed by atoms with Crippen molar-refractivity contribution in [1.29, 1.82) is 0 Å². The molecule has 82 valence electrons. The lowest BCUT2D eigenvalue weighted by molar-refractivity contribution is 0.308. The van der Waals surface area contributed by atoms with Crippen molar-refractivity contribution in [2.45, 2.75) is 25.4 Å². The third-order valence-corrected chi connectivity index (χ3v) is 2.86. The van der Waals surface area contributed by atoms with E-state index in [0.717, 1.165) is 5.56 Å². The van der Waals surface area contributed by atoms with Crippen molar-refractivity contribution in [3.05, 3.63) is 35.4 Å². The summed E-state index contributed by atoms with van der Waals surface area (Å²) in [5.41, 5.74) is 2.13. The van der Waals surface area contributed by atoms with E-state index < -0.39 is 10.3 Å². The second-order valence-corrected chi connectivity index (χ2v) is 4.99. The lowest BCUT2D eigenvalue weighted by atomic mass is 10.1. The molecule has 0 atom stereocenters. The molecule has 0 aliphatic heterocycles. The minimum Gasteiger partial charge on any atom is -0.253 e. The summed E-state index contributed by atoms with van der Waals surface area (Å²) in [5.74, 6) is 0.707. The monoisotopic (exact) mass is 227 g/mol. The minimum atomic E-state index is -3.84. The zero-order valence-corrected chi connectivity index (χ0v) is 9.03. The Hall–Kier alpha value is -0.910. The number of hydrogen-bond donors (Lipinski definition) is 1. The largest absolute Gasteiger partial charge is 0.333 e. The molecule has 5 heteroatoms. The second kappa shape index (κ2) is 3.92. The molecular weight excluding hydrogens is 214 g/mol. The third kappa shape index (κ3) is 3.30. The highest BCUT2D eigenvalue weighted by atomic mass is 32.2. The Morgan fingerprint density at radius 1 is 1.27 bits per heavy atom. The van der Waals surface area contributed by atoms with E-state index in [-0.39, 0.29) is 6.61 Å². The normalized spacial score (nSPS) is 16.6. The fraction of sp³-hybridized carbons (Fsp3) is 0.400. The van der Waals surface area contributed by atoms with Gasteiger partial charge in [0.1, 0.15) is 0 Å².